The molecule has 9 heteroatoms. The summed E-state index contributed by atoms with van der Waals surface area (Å²) in [6.07, 6.45) is 0.774. The second-order valence-corrected chi connectivity index (χ2v) is 9.12. The Balaban J connectivity index is 1.77. The summed E-state index contributed by atoms with van der Waals surface area (Å²) in [5, 5.41) is 5.00. The van der Waals surface area contributed by atoms with E-state index in [0.29, 0.717) is 44.0 Å². The van der Waals surface area contributed by atoms with Crippen LogP contribution < -0.4 is 15.0 Å². The number of benzene rings is 3. The van der Waals surface area contributed by atoms with Crippen LogP contribution in [0.3, 0.4) is 0 Å². The summed E-state index contributed by atoms with van der Waals surface area (Å²) in [5.41, 5.74) is 1.78. The number of para-hydroxylation sites is 1. The van der Waals surface area contributed by atoms with Gasteiger partial charge < -0.3 is 14.2 Å². The average molecular weight is 611 g/mol. The molecule has 0 aliphatic heterocycles. The van der Waals surface area contributed by atoms with Crippen molar-refractivity contribution >= 4 is 45.7 Å². The smallest absolute Gasteiger partial charge is 0.347 e. The van der Waals surface area contributed by atoms with Crippen LogP contribution in [-0.2, 0) is 9.53 Å². The lowest BCUT2D eigenvalue weighted by Crippen LogP contribution is -2.26. The number of halogens is 1. The highest BCUT2D eigenvalue weighted by molar-refractivity contribution is 14.1. The number of nitrogens with zero attached hydrogens (tertiary/aromatic N) is 3. The predicted octanol–water partition coefficient (Wildman–Crippen LogP) is 5.28. The fraction of sp³-hybridized carbons (Fsp3) is 0.214. The highest BCUT2D eigenvalue weighted by atomic mass is 127. The van der Waals surface area contributed by atoms with Gasteiger partial charge in [-0.3, -0.25) is 4.79 Å². The van der Waals surface area contributed by atoms with Gasteiger partial charge in [0.05, 0.1) is 33.9 Å². The summed E-state index contributed by atoms with van der Waals surface area (Å²) in [6.45, 7) is 5.90. The molecule has 0 bridgehead atoms. The Bertz CT molecular complexity index is 1500. The van der Waals surface area contributed by atoms with Crippen LogP contribution in [0.5, 0.6) is 11.5 Å². The minimum atomic E-state index is -0.803. The fourth-order valence-corrected chi connectivity index (χ4v) is 4.41. The highest BCUT2D eigenvalue weighted by Gasteiger charge is 2.21. The molecular formula is C28H26IN3O5. The Morgan fingerprint density at radius 1 is 1.08 bits per heavy atom. The average Bonchev–Trinajstić information content (AvgIpc) is 2.90. The van der Waals surface area contributed by atoms with Crippen LogP contribution in [-0.4, -0.2) is 41.2 Å². The number of rotatable bonds is 9. The third-order valence-electron chi connectivity index (χ3n) is 5.35. The molecule has 190 valence electrons. The van der Waals surface area contributed by atoms with Crippen LogP contribution in [0.2, 0.25) is 0 Å². The van der Waals surface area contributed by atoms with E-state index in [2.05, 4.69) is 27.7 Å². The van der Waals surface area contributed by atoms with Gasteiger partial charge in [-0.2, -0.15) is 9.78 Å². The Hall–Kier alpha value is -3.73. The summed E-state index contributed by atoms with van der Waals surface area (Å²) >= 11 is 2.12. The molecule has 3 aromatic carbocycles. The first-order chi connectivity index (χ1) is 17.9. The van der Waals surface area contributed by atoms with Crippen molar-refractivity contribution < 1.29 is 19.0 Å². The van der Waals surface area contributed by atoms with E-state index in [-0.39, 0.29) is 12.2 Å². The van der Waals surface area contributed by atoms with Crippen molar-refractivity contribution in [3.05, 3.63) is 86.2 Å². The van der Waals surface area contributed by atoms with Crippen LogP contribution in [0.4, 0.5) is 0 Å². The third-order valence-corrected chi connectivity index (χ3v) is 6.15. The van der Waals surface area contributed by atoms with Crippen molar-refractivity contribution in [3.8, 4) is 22.9 Å². The van der Waals surface area contributed by atoms with Gasteiger partial charge in [-0.05, 0) is 73.2 Å². The zero-order valence-electron chi connectivity index (χ0n) is 20.7. The molecule has 0 N–H and O–H groups in total. The van der Waals surface area contributed by atoms with Crippen molar-refractivity contribution in [1.82, 2.24) is 9.66 Å². The maximum Gasteiger partial charge on any atom is 0.347 e. The SMILES string of the molecule is CCOC(=O)[C@@H](C)Oc1c(I)cc(C=Nn2c(-c3ccccc3)nc3ccccc3c2=O)cc1OCC. The second kappa shape index (κ2) is 12.0. The Morgan fingerprint density at radius 3 is 2.54 bits per heavy atom. The lowest BCUT2D eigenvalue weighted by Gasteiger charge is -2.18. The Kier molecular flexibility index (Phi) is 8.54. The first-order valence-corrected chi connectivity index (χ1v) is 12.9. The number of fused-ring (bicyclic) bond motifs is 1. The van der Waals surface area contributed by atoms with E-state index in [9.17, 15) is 9.59 Å². The number of hydrogen-bond donors (Lipinski definition) is 0. The maximum atomic E-state index is 13.4. The number of hydrogen-bond acceptors (Lipinski definition) is 7. The molecule has 1 heterocycles. The van der Waals surface area contributed by atoms with Crippen molar-refractivity contribution in [2.75, 3.05) is 13.2 Å². The molecule has 4 rings (SSSR count). The molecule has 0 aliphatic carbocycles. The minimum Gasteiger partial charge on any atom is -0.490 e. The lowest BCUT2D eigenvalue weighted by molar-refractivity contribution is -0.150. The minimum absolute atomic E-state index is 0.269. The molecule has 0 saturated heterocycles. The molecule has 0 fully saturated rings. The first-order valence-electron chi connectivity index (χ1n) is 11.8. The number of ether oxygens (including phenoxy) is 3. The molecule has 0 aliphatic rings. The van der Waals surface area contributed by atoms with E-state index in [1.165, 1.54) is 4.68 Å². The molecule has 0 radical (unpaired) electrons. The van der Waals surface area contributed by atoms with E-state index in [0.717, 1.165) is 5.56 Å². The molecule has 0 amide bonds. The lowest BCUT2D eigenvalue weighted by atomic mass is 10.2. The van der Waals surface area contributed by atoms with Crippen LogP contribution in [0, 0.1) is 3.57 Å². The highest BCUT2D eigenvalue weighted by Crippen LogP contribution is 2.35. The van der Waals surface area contributed by atoms with E-state index in [1.54, 1.807) is 38.3 Å². The third kappa shape index (κ3) is 5.99. The van der Waals surface area contributed by atoms with Gasteiger partial charge in [0.15, 0.2) is 23.4 Å². The van der Waals surface area contributed by atoms with Crippen molar-refractivity contribution in [2.45, 2.75) is 26.9 Å². The van der Waals surface area contributed by atoms with E-state index in [4.69, 9.17) is 19.2 Å². The van der Waals surface area contributed by atoms with Crippen LogP contribution in [0.25, 0.3) is 22.3 Å². The molecule has 1 atom stereocenters. The zero-order chi connectivity index (χ0) is 26.4. The fourth-order valence-electron chi connectivity index (χ4n) is 3.65. The molecular weight excluding hydrogens is 585 g/mol. The quantitative estimate of drug-likeness (QED) is 0.145. The second-order valence-electron chi connectivity index (χ2n) is 7.96. The zero-order valence-corrected chi connectivity index (χ0v) is 22.8. The normalized spacial score (nSPS) is 12.0. The van der Waals surface area contributed by atoms with Crippen LogP contribution in [0.1, 0.15) is 26.3 Å². The van der Waals surface area contributed by atoms with Crippen molar-refractivity contribution in [1.29, 1.82) is 0 Å². The molecule has 0 unspecified atom stereocenters. The molecule has 0 spiro atoms. The van der Waals surface area contributed by atoms with E-state index >= 15 is 0 Å². The molecule has 8 nitrogen and oxygen atoms in total. The predicted molar refractivity (Wildman–Crippen MR) is 151 cm³/mol. The van der Waals surface area contributed by atoms with Gasteiger partial charge in [0.2, 0.25) is 0 Å². The Morgan fingerprint density at radius 2 is 1.81 bits per heavy atom. The van der Waals surface area contributed by atoms with Gasteiger partial charge in [0.25, 0.3) is 5.56 Å². The number of carbonyl (C=O) groups excluding carboxylic acids is 1. The van der Waals surface area contributed by atoms with Gasteiger partial charge in [0.1, 0.15) is 0 Å². The Labute approximate surface area is 228 Å². The van der Waals surface area contributed by atoms with E-state index < -0.39 is 12.1 Å². The van der Waals surface area contributed by atoms with E-state index in [1.807, 2.05) is 55.5 Å². The largest absolute Gasteiger partial charge is 0.490 e. The summed E-state index contributed by atoms with van der Waals surface area (Å²) in [7, 11) is 0. The summed E-state index contributed by atoms with van der Waals surface area (Å²) < 4.78 is 18.8. The summed E-state index contributed by atoms with van der Waals surface area (Å²) in [4.78, 5) is 30.2. The summed E-state index contributed by atoms with van der Waals surface area (Å²) in [6, 6.07) is 20.2. The monoisotopic (exact) mass is 611 g/mol. The molecule has 4 aromatic rings. The molecule has 37 heavy (non-hydrogen) atoms. The number of carbonyl (C=O) groups is 1. The van der Waals surface area contributed by atoms with Gasteiger partial charge in [-0.15, -0.1) is 0 Å². The summed E-state index contributed by atoms with van der Waals surface area (Å²) in [5.74, 6) is 0.875. The topological polar surface area (TPSA) is 92.0 Å². The van der Waals surface area contributed by atoms with Crippen molar-refractivity contribution in [2.24, 2.45) is 5.10 Å². The van der Waals surface area contributed by atoms with Gasteiger partial charge in [-0.1, -0.05) is 42.5 Å². The number of esters is 1. The maximum absolute atomic E-state index is 13.4. The molecule has 1 aromatic heterocycles. The van der Waals surface area contributed by atoms with Gasteiger partial charge in [-0.25, -0.2) is 9.78 Å². The number of aromatic nitrogens is 2. The van der Waals surface area contributed by atoms with Crippen LogP contribution in [0.15, 0.2) is 76.6 Å². The van der Waals surface area contributed by atoms with Gasteiger partial charge in [0, 0.05) is 5.56 Å². The first kappa shape index (κ1) is 26.3. The molecule has 0 saturated carbocycles. The van der Waals surface area contributed by atoms with Gasteiger partial charge >= 0.3 is 5.97 Å². The van der Waals surface area contributed by atoms with Crippen LogP contribution >= 0.6 is 22.6 Å². The van der Waals surface area contributed by atoms with Crippen molar-refractivity contribution in [3.63, 3.8) is 0 Å². The standard InChI is InChI=1S/C28H26IN3O5/c1-4-35-24-16-19(15-22(29)25(24)37-18(3)28(34)36-5-2)17-30-32-26(20-11-7-6-8-12-20)31-23-14-10-9-13-21(23)27(32)33/h6-18H,4-5H2,1-3H3/t18-/m1/s1.